The lowest BCUT2D eigenvalue weighted by atomic mass is 10.1. The van der Waals surface area contributed by atoms with Crippen molar-refractivity contribution in [1.82, 2.24) is 10.6 Å². The van der Waals surface area contributed by atoms with Crippen LogP contribution in [0.4, 0.5) is 4.79 Å². The number of amides is 2. The van der Waals surface area contributed by atoms with E-state index in [1.807, 2.05) is 37.3 Å². The molecular weight excluding hydrogens is 204 g/mol. The summed E-state index contributed by atoms with van der Waals surface area (Å²) < 4.78 is 0. The zero-order chi connectivity index (χ0) is 11.8. The second kappa shape index (κ2) is 6.61. The number of carbonyl (C=O) groups excluding carboxylic acids is 2. The van der Waals surface area contributed by atoms with E-state index < -0.39 is 6.04 Å². The van der Waals surface area contributed by atoms with Crippen LogP contribution in [0.2, 0.25) is 0 Å². The van der Waals surface area contributed by atoms with Gasteiger partial charge in [0.15, 0.2) is 0 Å². The lowest BCUT2D eigenvalue weighted by molar-refractivity contribution is -0.109. The minimum atomic E-state index is -0.478. The van der Waals surface area contributed by atoms with E-state index in [4.69, 9.17) is 0 Å². The second-order valence-electron chi connectivity index (χ2n) is 3.44. The highest BCUT2D eigenvalue weighted by molar-refractivity contribution is 5.78. The van der Waals surface area contributed by atoms with Crippen molar-refractivity contribution in [2.45, 2.75) is 19.4 Å². The standard InChI is InChI=1S/C12H16N2O2/c1-2-13-12(16)14-11(9-15)8-10-6-4-3-5-7-10/h3-7,9,11H,2,8H2,1H3,(H2,13,14,16)/t11-/m1/s1. The number of aldehydes is 1. The molecular formula is C12H16N2O2. The molecule has 0 unspecified atom stereocenters. The van der Waals surface area contributed by atoms with Crippen molar-refractivity contribution in [1.29, 1.82) is 0 Å². The van der Waals surface area contributed by atoms with Crippen LogP contribution in [0.25, 0.3) is 0 Å². The van der Waals surface area contributed by atoms with Crippen LogP contribution in [-0.2, 0) is 11.2 Å². The summed E-state index contributed by atoms with van der Waals surface area (Å²) in [5.41, 5.74) is 1.02. The predicted molar refractivity (Wildman–Crippen MR) is 62.2 cm³/mol. The Morgan fingerprint density at radius 3 is 2.62 bits per heavy atom. The van der Waals surface area contributed by atoms with E-state index in [2.05, 4.69) is 10.6 Å². The third-order valence-electron chi connectivity index (χ3n) is 2.12. The molecule has 0 radical (unpaired) electrons. The molecule has 2 amide bonds. The molecule has 0 aromatic heterocycles. The zero-order valence-electron chi connectivity index (χ0n) is 9.27. The van der Waals surface area contributed by atoms with Gasteiger partial charge in [0.1, 0.15) is 6.29 Å². The van der Waals surface area contributed by atoms with Gasteiger partial charge in [-0.05, 0) is 18.9 Å². The highest BCUT2D eigenvalue weighted by atomic mass is 16.2. The number of nitrogens with one attached hydrogen (secondary N) is 2. The van der Waals surface area contributed by atoms with Crippen LogP contribution in [0.3, 0.4) is 0 Å². The normalized spacial score (nSPS) is 11.6. The Balaban J connectivity index is 2.49. The number of carbonyl (C=O) groups is 2. The molecule has 1 aromatic carbocycles. The summed E-state index contributed by atoms with van der Waals surface area (Å²) in [6.07, 6.45) is 1.27. The second-order valence-corrected chi connectivity index (χ2v) is 3.44. The third-order valence-corrected chi connectivity index (χ3v) is 2.12. The summed E-state index contributed by atoms with van der Waals surface area (Å²) in [6, 6.07) is 8.79. The Hall–Kier alpha value is -1.84. The van der Waals surface area contributed by atoms with Gasteiger partial charge in [0.05, 0.1) is 6.04 Å². The fourth-order valence-electron chi connectivity index (χ4n) is 1.38. The third kappa shape index (κ3) is 4.13. The lowest BCUT2D eigenvalue weighted by Crippen LogP contribution is -2.43. The zero-order valence-corrected chi connectivity index (χ0v) is 9.27. The topological polar surface area (TPSA) is 58.2 Å². The Labute approximate surface area is 95.0 Å². The summed E-state index contributed by atoms with van der Waals surface area (Å²) in [7, 11) is 0. The summed E-state index contributed by atoms with van der Waals surface area (Å²) >= 11 is 0. The van der Waals surface area contributed by atoms with Crippen molar-refractivity contribution in [3.8, 4) is 0 Å². The van der Waals surface area contributed by atoms with Crippen molar-refractivity contribution in [2.24, 2.45) is 0 Å². The van der Waals surface area contributed by atoms with E-state index in [0.717, 1.165) is 11.8 Å². The van der Waals surface area contributed by atoms with Crippen LogP contribution in [0.5, 0.6) is 0 Å². The summed E-state index contributed by atoms with van der Waals surface area (Å²) in [6.45, 7) is 2.37. The fraction of sp³-hybridized carbons (Fsp3) is 0.333. The van der Waals surface area contributed by atoms with Crippen LogP contribution >= 0.6 is 0 Å². The van der Waals surface area contributed by atoms with Gasteiger partial charge < -0.3 is 15.4 Å². The Morgan fingerprint density at radius 1 is 1.38 bits per heavy atom. The van der Waals surface area contributed by atoms with Crippen molar-refractivity contribution < 1.29 is 9.59 Å². The van der Waals surface area contributed by atoms with Gasteiger partial charge in [0.2, 0.25) is 0 Å². The molecule has 1 aromatic rings. The van der Waals surface area contributed by atoms with Gasteiger partial charge in [-0.2, -0.15) is 0 Å². The quantitative estimate of drug-likeness (QED) is 0.730. The van der Waals surface area contributed by atoms with Crippen molar-refractivity contribution in [3.63, 3.8) is 0 Å². The minimum Gasteiger partial charge on any atom is -0.338 e. The van der Waals surface area contributed by atoms with Crippen LogP contribution in [0, 0.1) is 0 Å². The number of hydrogen-bond donors (Lipinski definition) is 2. The largest absolute Gasteiger partial charge is 0.338 e. The van der Waals surface area contributed by atoms with Gasteiger partial charge in [0, 0.05) is 6.54 Å². The average Bonchev–Trinajstić information content (AvgIpc) is 2.30. The molecule has 0 saturated carbocycles. The van der Waals surface area contributed by atoms with Crippen molar-refractivity contribution in [3.05, 3.63) is 35.9 Å². The Kier molecular flexibility index (Phi) is 5.05. The highest BCUT2D eigenvalue weighted by Crippen LogP contribution is 2.01. The molecule has 0 bridgehead atoms. The molecule has 4 heteroatoms. The van der Waals surface area contributed by atoms with Crippen molar-refractivity contribution in [2.75, 3.05) is 6.54 Å². The minimum absolute atomic E-state index is 0.310. The van der Waals surface area contributed by atoms with Gasteiger partial charge in [-0.1, -0.05) is 30.3 Å². The van der Waals surface area contributed by atoms with Crippen molar-refractivity contribution >= 4 is 12.3 Å². The number of hydrogen-bond acceptors (Lipinski definition) is 2. The fourth-order valence-corrected chi connectivity index (χ4v) is 1.38. The van der Waals surface area contributed by atoms with E-state index >= 15 is 0 Å². The Bertz CT molecular complexity index is 338. The molecule has 1 atom stereocenters. The van der Waals surface area contributed by atoms with Crippen LogP contribution < -0.4 is 10.6 Å². The first-order chi connectivity index (χ1) is 7.76. The van der Waals surface area contributed by atoms with Gasteiger partial charge in [-0.25, -0.2) is 4.79 Å². The molecule has 0 aliphatic rings. The first-order valence-corrected chi connectivity index (χ1v) is 5.29. The summed E-state index contributed by atoms with van der Waals surface area (Å²) in [5, 5.41) is 5.19. The molecule has 0 aliphatic heterocycles. The van der Waals surface area contributed by atoms with E-state index in [9.17, 15) is 9.59 Å². The molecule has 2 N–H and O–H groups in total. The number of rotatable bonds is 5. The maximum absolute atomic E-state index is 11.2. The number of urea groups is 1. The van der Waals surface area contributed by atoms with Gasteiger partial charge in [-0.3, -0.25) is 0 Å². The Morgan fingerprint density at radius 2 is 2.06 bits per heavy atom. The summed E-state index contributed by atoms with van der Waals surface area (Å²) in [4.78, 5) is 22.0. The molecule has 0 saturated heterocycles. The van der Waals surface area contributed by atoms with E-state index in [0.29, 0.717) is 13.0 Å². The molecule has 0 heterocycles. The molecule has 0 fully saturated rings. The molecule has 1 rings (SSSR count). The monoisotopic (exact) mass is 220 g/mol. The van der Waals surface area contributed by atoms with E-state index in [-0.39, 0.29) is 6.03 Å². The summed E-state index contributed by atoms with van der Waals surface area (Å²) in [5.74, 6) is 0. The van der Waals surface area contributed by atoms with Crippen LogP contribution in [0.15, 0.2) is 30.3 Å². The molecule has 16 heavy (non-hydrogen) atoms. The highest BCUT2D eigenvalue weighted by Gasteiger charge is 2.10. The van der Waals surface area contributed by atoms with Gasteiger partial charge in [0.25, 0.3) is 0 Å². The van der Waals surface area contributed by atoms with Crippen LogP contribution in [-0.4, -0.2) is 24.9 Å². The SMILES string of the molecule is CCNC(=O)N[C@@H](C=O)Cc1ccccc1. The molecule has 86 valence electrons. The molecule has 4 nitrogen and oxygen atoms in total. The van der Waals surface area contributed by atoms with E-state index in [1.165, 1.54) is 0 Å². The average molecular weight is 220 g/mol. The van der Waals surface area contributed by atoms with E-state index in [1.54, 1.807) is 0 Å². The first kappa shape index (κ1) is 12.2. The lowest BCUT2D eigenvalue weighted by Gasteiger charge is -2.12. The van der Waals surface area contributed by atoms with Crippen LogP contribution in [0.1, 0.15) is 12.5 Å². The smallest absolute Gasteiger partial charge is 0.315 e. The maximum atomic E-state index is 11.2. The first-order valence-electron chi connectivity index (χ1n) is 5.29. The predicted octanol–water partition coefficient (Wildman–Crippen LogP) is 1.12. The molecule has 0 aliphatic carbocycles. The maximum Gasteiger partial charge on any atom is 0.315 e. The molecule has 0 spiro atoms. The number of benzene rings is 1. The van der Waals surface area contributed by atoms with Gasteiger partial charge >= 0.3 is 6.03 Å². The van der Waals surface area contributed by atoms with Gasteiger partial charge in [-0.15, -0.1) is 0 Å².